The molecule has 0 amide bonds. The van der Waals surface area contributed by atoms with E-state index in [1.807, 2.05) is 0 Å². The molecule has 0 atom stereocenters. The Balaban J connectivity index is 2.21. The number of ether oxygens (including phenoxy) is 1. The Bertz CT molecular complexity index is 318. The summed E-state index contributed by atoms with van der Waals surface area (Å²) in [4.78, 5) is 10.5. The van der Waals surface area contributed by atoms with Crippen LogP contribution in [0.5, 0.6) is 0 Å². The monoisotopic (exact) mass is 206 g/mol. The van der Waals surface area contributed by atoms with Gasteiger partial charge in [-0.15, -0.1) is 0 Å². The topological polar surface area (TPSA) is 26.3 Å². The summed E-state index contributed by atoms with van der Waals surface area (Å²) in [5.41, 5.74) is 2.73. The lowest BCUT2D eigenvalue weighted by Crippen LogP contribution is -2.01. The fraction of sp³-hybridized carbons (Fsp3) is 0.462. The molecule has 1 aromatic carbocycles. The molecular weight excluding hydrogens is 188 g/mol. The molecule has 15 heavy (non-hydrogen) atoms. The van der Waals surface area contributed by atoms with Crippen molar-refractivity contribution >= 4 is 5.97 Å². The smallest absolute Gasteiger partial charge is 0.302 e. The lowest BCUT2D eigenvalue weighted by atomic mass is 10.0. The van der Waals surface area contributed by atoms with Gasteiger partial charge in [0.05, 0.1) is 6.61 Å². The molecule has 1 rings (SSSR count). The van der Waals surface area contributed by atoms with E-state index >= 15 is 0 Å². The van der Waals surface area contributed by atoms with Crippen LogP contribution in [0.15, 0.2) is 24.3 Å². The molecule has 0 radical (unpaired) electrons. The van der Waals surface area contributed by atoms with E-state index in [4.69, 9.17) is 4.74 Å². The first-order valence-electron chi connectivity index (χ1n) is 5.38. The molecule has 0 spiro atoms. The van der Waals surface area contributed by atoms with Crippen molar-refractivity contribution in [1.82, 2.24) is 0 Å². The first kappa shape index (κ1) is 11.8. The molecule has 0 aliphatic rings. The quantitative estimate of drug-likeness (QED) is 0.547. The van der Waals surface area contributed by atoms with E-state index < -0.39 is 0 Å². The Morgan fingerprint density at radius 3 is 2.67 bits per heavy atom. The van der Waals surface area contributed by atoms with E-state index in [0.29, 0.717) is 6.61 Å². The van der Waals surface area contributed by atoms with Gasteiger partial charge in [-0.05, 0) is 37.3 Å². The number of carbonyl (C=O) groups excluding carboxylic acids is 1. The average Bonchev–Trinajstić information content (AvgIpc) is 2.20. The molecule has 0 aliphatic carbocycles. The zero-order chi connectivity index (χ0) is 11.1. The van der Waals surface area contributed by atoms with Crippen molar-refractivity contribution in [2.24, 2.45) is 0 Å². The first-order chi connectivity index (χ1) is 7.20. The summed E-state index contributed by atoms with van der Waals surface area (Å²) in [5, 5.41) is 0. The van der Waals surface area contributed by atoms with Crippen LogP contribution in [-0.4, -0.2) is 12.6 Å². The number of carbonyl (C=O) groups is 1. The fourth-order valence-electron chi connectivity index (χ4n) is 1.52. The molecular formula is C13H18O2. The Morgan fingerprint density at radius 1 is 1.27 bits per heavy atom. The maximum absolute atomic E-state index is 10.5. The van der Waals surface area contributed by atoms with Crippen molar-refractivity contribution < 1.29 is 9.53 Å². The van der Waals surface area contributed by atoms with Crippen LogP contribution in [0.3, 0.4) is 0 Å². The maximum atomic E-state index is 10.5. The largest absolute Gasteiger partial charge is 0.466 e. The third kappa shape index (κ3) is 4.63. The number of aryl methyl sites for hydroxylation is 2. The van der Waals surface area contributed by atoms with Crippen molar-refractivity contribution in [1.29, 1.82) is 0 Å². The predicted octanol–water partition coefficient (Wildman–Crippen LogP) is 2.88. The summed E-state index contributed by atoms with van der Waals surface area (Å²) in [6.07, 6.45) is 3.07. The van der Waals surface area contributed by atoms with Crippen LogP contribution in [0.25, 0.3) is 0 Å². The van der Waals surface area contributed by atoms with Crippen molar-refractivity contribution in [2.45, 2.75) is 33.1 Å². The van der Waals surface area contributed by atoms with Gasteiger partial charge in [0.25, 0.3) is 0 Å². The van der Waals surface area contributed by atoms with Gasteiger partial charge < -0.3 is 4.74 Å². The van der Waals surface area contributed by atoms with Gasteiger partial charge in [-0.25, -0.2) is 0 Å². The SMILES string of the molecule is CC(=O)OCCCCc1ccccc1C. The Kier molecular flexibility index (Phi) is 4.88. The highest BCUT2D eigenvalue weighted by molar-refractivity contribution is 5.65. The molecule has 0 saturated carbocycles. The van der Waals surface area contributed by atoms with Gasteiger partial charge >= 0.3 is 5.97 Å². The molecule has 0 saturated heterocycles. The van der Waals surface area contributed by atoms with Gasteiger partial charge in [-0.3, -0.25) is 4.79 Å². The van der Waals surface area contributed by atoms with Crippen LogP contribution in [0, 0.1) is 6.92 Å². The second-order valence-electron chi connectivity index (χ2n) is 3.72. The van der Waals surface area contributed by atoms with Gasteiger partial charge in [0, 0.05) is 6.92 Å². The average molecular weight is 206 g/mol. The van der Waals surface area contributed by atoms with Crippen LogP contribution in [0.1, 0.15) is 30.9 Å². The second kappa shape index (κ2) is 6.23. The molecule has 0 heterocycles. The van der Waals surface area contributed by atoms with Crippen LogP contribution in [0.2, 0.25) is 0 Å². The number of unbranched alkanes of at least 4 members (excludes halogenated alkanes) is 1. The van der Waals surface area contributed by atoms with E-state index in [1.165, 1.54) is 18.1 Å². The summed E-state index contributed by atoms with van der Waals surface area (Å²) in [5.74, 6) is -0.189. The van der Waals surface area contributed by atoms with Gasteiger partial charge in [-0.1, -0.05) is 24.3 Å². The van der Waals surface area contributed by atoms with Crippen LogP contribution >= 0.6 is 0 Å². The summed E-state index contributed by atoms with van der Waals surface area (Å²) < 4.78 is 4.87. The minimum Gasteiger partial charge on any atom is -0.466 e. The summed E-state index contributed by atoms with van der Waals surface area (Å²) in [6, 6.07) is 8.40. The van der Waals surface area contributed by atoms with Crippen molar-refractivity contribution in [3.63, 3.8) is 0 Å². The Hall–Kier alpha value is -1.31. The lowest BCUT2D eigenvalue weighted by Gasteiger charge is -2.05. The summed E-state index contributed by atoms with van der Waals surface area (Å²) in [7, 11) is 0. The van der Waals surface area contributed by atoms with E-state index in [-0.39, 0.29) is 5.97 Å². The zero-order valence-electron chi connectivity index (χ0n) is 9.45. The molecule has 0 aliphatic heterocycles. The molecule has 0 bridgehead atoms. The van der Waals surface area contributed by atoms with E-state index in [0.717, 1.165) is 19.3 Å². The number of esters is 1. The summed E-state index contributed by atoms with van der Waals surface area (Å²) in [6.45, 7) is 4.12. The van der Waals surface area contributed by atoms with Gasteiger partial charge in [-0.2, -0.15) is 0 Å². The minimum absolute atomic E-state index is 0.189. The molecule has 82 valence electrons. The third-order valence-corrected chi connectivity index (χ3v) is 2.41. The van der Waals surface area contributed by atoms with Gasteiger partial charge in [0.2, 0.25) is 0 Å². The second-order valence-corrected chi connectivity index (χ2v) is 3.72. The molecule has 2 heteroatoms. The Morgan fingerprint density at radius 2 is 2.00 bits per heavy atom. The summed E-state index contributed by atoms with van der Waals surface area (Å²) >= 11 is 0. The molecule has 0 aromatic heterocycles. The highest BCUT2D eigenvalue weighted by Crippen LogP contribution is 2.10. The molecule has 1 aromatic rings. The van der Waals surface area contributed by atoms with E-state index in [9.17, 15) is 4.79 Å². The van der Waals surface area contributed by atoms with E-state index in [1.54, 1.807) is 0 Å². The molecule has 2 nitrogen and oxygen atoms in total. The van der Waals surface area contributed by atoms with Crippen molar-refractivity contribution in [2.75, 3.05) is 6.61 Å². The van der Waals surface area contributed by atoms with Crippen LogP contribution in [-0.2, 0) is 16.0 Å². The van der Waals surface area contributed by atoms with Gasteiger partial charge in [0.1, 0.15) is 0 Å². The Labute approximate surface area is 91.3 Å². The standard InChI is InChI=1S/C13H18O2/c1-11-7-3-4-8-13(11)9-5-6-10-15-12(2)14/h3-4,7-8H,5-6,9-10H2,1-2H3. The van der Waals surface area contributed by atoms with Crippen molar-refractivity contribution in [3.05, 3.63) is 35.4 Å². The normalized spacial score (nSPS) is 10.0. The zero-order valence-corrected chi connectivity index (χ0v) is 9.45. The highest BCUT2D eigenvalue weighted by Gasteiger charge is 1.97. The molecule has 0 unspecified atom stereocenters. The minimum atomic E-state index is -0.189. The van der Waals surface area contributed by atoms with Crippen LogP contribution < -0.4 is 0 Å². The number of benzene rings is 1. The maximum Gasteiger partial charge on any atom is 0.302 e. The third-order valence-electron chi connectivity index (χ3n) is 2.41. The highest BCUT2D eigenvalue weighted by atomic mass is 16.5. The molecule has 0 N–H and O–H groups in total. The number of hydrogen-bond acceptors (Lipinski definition) is 2. The van der Waals surface area contributed by atoms with Gasteiger partial charge in [0.15, 0.2) is 0 Å². The number of rotatable bonds is 5. The first-order valence-corrected chi connectivity index (χ1v) is 5.38. The predicted molar refractivity (Wildman–Crippen MR) is 60.8 cm³/mol. The molecule has 0 fully saturated rings. The fourth-order valence-corrected chi connectivity index (χ4v) is 1.52. The van der Waals surface area contributed by atoms with Crippen molar-refractivity contribution in [3.8, 4) is 0 Å². The van der Waals surface area contributed by atoms with Crippen LogP contribution in [0.4, 0.5) is 0 Å². The lowest BCUT2D eigenvalue weighted by molar-refractivity contribution is -0.141. The van der Waals surface area contributed by atoms with E-state index in [2.05, 4.69) is 31.2 Å². The number of hydrogen-bond donors (Lipinski definition) is 0.